The van der Waals surface area contributed by atoms with Gasteiger partial charge in [0.15, 0.2) is 0 Å². The monoisotopic (exact) mass is 193 g/mol. The Kier molecular flexibility index (Phi) is 3.34. The van der Waals surface area contributed by atoms with Crippen LogP contribution in [-0.2, 0) is 4.79 Å². The number of hydrogen-bond acceptors (Lipinski definition) is 3. The van der Waals surface area contributed by atoms with Crippen molar-refractivity contribution in [1.29, 1.82) is 0 Å². The number of benzene rings is 1. The van der Waals surface area contributed by atoms with Gasteiger partial charge < -0.3 is 16.0 Å². The van der Waals surface area contributed by atoms with E-state index in [1.54, 1.807) is 7.05 Å². The van der Waals surface area contributed by atoms with Crippen LogP contribution in [0.2, 0.25) is 0 Å². The van der Waals surface area contributed by atoms with E-state index < -0.39 is 0 Å². The molecule has 0 bridgehead atoms. The molecule has 1 aromatic rings. The summed E-state index contributed by atoms with van der Waals surface area (Å²) in [4.78, 5) is 12.9. The summed E-state index contributed by atoms with van der Waals surface area (Å²) in [6.45, 7) is 0.348. The largest absolute Gasteiger partial charge is 0.399 e. The zero-order chi connectivity index (χ0) is 10.6. The molecule has 0 unspecified atom stereocenters. The Hall–Kier alpha value is -1.71. The molecule has 14 heavy (non-hydrogen) atoms. The molecule has 3 N–H and O–H groups in total. The molecular formula is C10H15N3O. The molecule has 0 saturated carbocycles. The number of amides is 1. The summed E-state index contributed by atoms with van der Waals surface area (Å²) in [6, 6.07) is 7.40. The Morgan fingerprint density at radius 2 is 2.00 bits per heavy atom. The second-order valence-electron chi connectivity index (χ2n) is 3.12. The molecule has 76 valence electrons. The van der Waals surface area contributed by atoms with Crippen LogP contribution in [0.15, 0.2) is 24.3 Å². The molecule has 4 heteroatoms. The second kappa shape index (κ2) is 4.50. The number of carbonyl (C=O) groups excluding carboxylic acids is 1. The molecule has 0 aliphatic rings. The first-order valence-electron chi connectivity index (χ1n) is 4.40. The summed E-state index contributed by atoms with van der Waals surface area (Å²) in [5, 5.41) is 2.57. The van der Waals surface area contributed by atoms with Gasteiger partial charge in [-0.05, 0) is 24.3 Å². The maximum absolute atomic E-state index is 11.1. The third-order valence-electron chi connectivity index (χ3n) is 1.99. The molecule has 0 fully saturated rings. The van der Waals surface area contributed by atoms with Crippen molar-refractivity contribution >= 4 is 17.3 Å². The smallest absolute Gasteiger partial charge is 0.239 e. The van der Waals surface area contributed by atoms with Crippen LogP contribution in [0.3, 0.4) is 0 Å². The summed E-state index contributed by atoms with van der Waals surface area (Å²) in [5.74, 6) is -0.00988. The Morgan fingerprint density at radius 3 is 2.50 bits per heavy atom. The molecule has 0 aromatic heterocycles. The molecule has 1 amide bonds. The minimum absolute atomic E-state index is 0.00988. The summed E-state index contributed by atoms with van der Waals surface area (Å²) in [6.07, 6.45) is 0. The number of nitrogens with zero attached hydrogens (tertiary/aromatic N) is 1. The van der Waals surface area contributed by atoms with Gasteiger partial charge in [-0.25, -0.2) is 0 Å². The lowest BCUT2D eigenvalue weighted by Gasteiger charge is -2.18. The fourth-order valence-electron chi connectivity index (χ4n) is 1.11. The number of nitrogens with one attached hydrogen (secondary N) is 1. The van der Waals surface area contributed by atoms with E-state index in [4.69, 9.17) is 5.73 Å². The summed E-state index contributed by atoms with van der Waals surface area (Å²) in [5.41, 5.74) is 7.26. The van der Waals surface area contributed by atoms with Crippen LogP contribution in [0.25, 0.3) is 0 Å². The molecule has 0 aliphatic carbocycles. The minimum Gasteiger partial charge on any atom is -0.399 e. The van der Waals surface area contributed by atoms with Gasteiger partial charge in [0.25, 0.3) is 0 Å². The number of likely N-dealkylation sites (N-methyl/N-ethyl adjacent to an activating group) is 2. The fraction of sp³-hybridized carbons (Fsp3) is 0.300. The molecule has 0 aliphatic heterocycles. The van der Waals surface area contributed by atoms with Gasteiger partial charge >= 0.3 is 0 Å². The van der Waals surface area contributed by atoms with E-state index in [0.29, 0.717) is 6.54 Å². The number of nitrogen functional groups attached to an aromatic ring is 1. The molecule has 1 rings (SSSR count). The van der Waals surface area contributed by atoms with Crippen molar-refractivity contribution in [2.75, 3.05) is 31.3 Å². The van der Waals surface area contributed by atoms with Gasteiger partial charge in [0.05, 0.1) is 6.54 Å². The normalized spacial score (nSPS) is 9.57. The Balaban J connectivity index is 2.65. The number of nitrogens with two attached hydrogens (primary N) is 1. The fourth-order valence-corrected chi connectivity index (χ4v) is 1.11. The zero-order valence-electron chi connectivity index (χ0n) is 8.45. The SMILES string of the molecule is CNC(=O)CN(C)c1ccc(N)cc1. The highest BCUT2D eigenvalue weighted by molar-refractivity contribution is 5.80. The van der Waals surface area contributed by atoms with Crippen LogP contribution in [0.5, 0.6) is 0 Å². The standard InChI is InChI=1S/C10H15N3O/c1-12-10(14)7-13(2)9-5-3-8(11)4-6-9/h3-6H,7,11H2,1-2H3,(H,12,14). The van der Waals surface area contributed by atoms with E-state index in [1.807, 2.05) is 36.2 Å². The van der Waals surface area contributed by atoms with Gasteiger partial charge in [-0.3, -0.25) is 4.79 Å². The molecule has 0 atom stereocenters. The number of hydrogen-bond donors (Lipinski definition) is 2. The van der Waals surface area contributed by atoms with Crippen molar-refractivity contribution in [2.24, 2.45) is 0 Å². The van der Waals surface area contributed by atoms with Crippen LogP contribution < -0.4 is 16.0 Å². The second-order valence-corrected chi connectivity index (χ2v) is 3.12. The van der Waals surface area contributed by atoms with Crippen molar-refractivity contribution in [1.82, 2.24) is 5.32 Å². The number of carbonyl (C=O) groups is 1. The highest BCUT2D eigenvalue weighted by Gasteiger charge is 2.04. The van der Waals surface area contributed by atoms with Gasteiger partial charge in [-0.2, -0.15) is 0 Å². The average molecular weight is 193 g/mol. The Bertz CT molecular complexity index is 308. The van der Waals surface area contributed by atoms with Crippen molar-refractivity contribution < 1.29 is 4.79 Å². The van der Waals surface area contributed by atoms with Crippen molar-refractivity contribution in [3.05, 3.63) is 24.3 Å². The van der Waals surface area contributed by atoms with Crippen LogP contribution in [0.1, 0.15) is 0 Å². The molecule has 4 nitrogen and oxygen atoms in total. The Labute approximate surface area is 83.7 Å². The summed E-state index contributed by atoms with van der Waals surface area (Å²) in [7, 11) is 3.49. The first-order valence-corrected chi connectivity index (χ1v) is 4.40. The zero-order valence-corrected chi connectivity index (χ0v) is 8.45. The maximum Gasteiger partial charge on any atom is 0.239 e. The number of anilines is 2. The van der Waals surface area contributed by atoms with Crippen molar-refractivity contribution in [2.45, 2.75) is 0 Å². The summed E-state index contributed by atoms with van der Waals surface area (Å²) >= 11 is 0. The predicted octanol–water partition coefficient (Wildman–Crippen LogP) is 0.451. The van der Waals surface area contributed by atoms with Crippen LogP contribution in [-0.4, -0.2) is 26.5 Å². The van der Waals surface area contributed by atoms with E-state index >= 15 is 0 Å². The maximum atomic E-state index is 11.1. The van der Waals surface area contributed by atoms with Gasteiger partial charge in [0, 0.05) is 25.5 Å². The minimum atomic E-state index is -0.00988. The van der Waals surface area contributed by atoms with Gasteiger partial charge in [-0.1, -0.05) is 0 Å². The molecule has 0 heterocycles. The lowest BCUT2D eigenvalue weighted by molar-refractivity contribution is -0.119. The average Bonchev–Trinajstić information content (AvgIpc) is 2.18. The van der Waals surface area contributed by atoms with Crippen molar-refractivity contribution in [3.8, 4) is 0 Å². The van der Waals surface area contributed by atoms with E-state index in [2.05, 4.69) is 5.32 Å². The van der Waals surface area contributed by atoms with Crippen molar-refractivity contribution in [3.63, 3.8) is 0 Å². The molecular weight excluding hydrogens is 178 g/mol. The van der Waals surface area contributed by atoms with E-state index in [1.165, 1.54) is 0 Å². The van der Waals surface area contributed by atoms with Crippen LogP contribution in [0.4, 0.5) is 11.4 Å². The lowest BCUT2D eigenvalue weighted by Crippen LogP contribution is -2.32. The quantitative estimate of drug-likeness (QED) is 0.685. The predicted molar refractivity (Wildman–Crippen MR) is 58.2 cm³/mol. The van der Waals surface area contributed by atoms with E-state index in [-0.39, 0.29) is 5.91 Å². The highest BCUT2D eigenvalue weighted by atomic mass is 16.1. The van der Waals surface area contributed by atoms with E-state index in [0.717, 1.165) is 11.4 Å². The molecule has 1 aromatic carbocycles. The van der Waals surface area contributed by atoms with Gasteiger partial charge in [-0.15, -0.1) is 0 Å². The molecule has 0 radical (unpaired) electrons. The van der Waals surface area contributed by atoms with E-state index in [9.17, 15) is 4.79 Å². The topological polar surface area (TPSA) is 58.4 Å². The van der Waals surface area contributed by atoms with Gasteiger partial charge in [0.1, 0.15) is 0 Å². The molecule has 0 spiro atoms. The Morgan fingerprint density at radius 1 is 1.43 bits per heavy atom. The molecule has 0 saturated heterocycles. The third kappa shape index (κ3) is 2.65. The van der Waals surface area contributed by atoms with Crippen LogP contribution >= 0.6 is 0 Å². The first-order chi connectivity index (χ1) is 6.63. The van der Waals surface area contributed by atoms with Crippen LogP contribution in [0, 0.1) is 0 Å². The summed E-state index contributed by atoms with van der Waals surface area (Å²) < 4.78 is 0. The number of rotatable bonds is 3. The highest BCUT2D eigenvalue weighted by Crippen LogP contribution is 2.13. The lowest BCUT2D eigenvalue weighted by atomic mass is 10.2. The third-order valence-corrected chi connectivity index (χ3v) is 1.99. The first kappa shape index (κ1) is 10.4. The van der Waals surface area contributed by atoms with Gasteiger partial charge in [0.2, 0.25) is 5.91 Å².